The van der Waals surface area contributed by atoms with Crippen LogP contribution >= 0.6 is 8.58 Å². The van der Waals surface area contributed by atoms with E-state index >= 15 is 0 Å². The van der Waals surface area contributed by atoms with E-state index in [0.29, 0.717) is 0 Å². The molecule has 0 aromatic heterocycles. The standard InChI is InChI=1S/C8H16N2.C8H19P/c1-3-4-5-10-7-6-9(2)8-10;1-3-5-7-9-8-6-4-2/h6-7H,3-5,8H2,1-2H3;9H,3-8H2,1-2H3. The summed E-state index contributed by atoms with van der Waals surface area (Å²) in [6, 6.07) is 0. The van der Waals surface area contributed by atoms with Gasteiger partial charge in [0.05, 0.1) is 6.67 Å². The molecule has 0 aliphatic carbocycles. The molecule has 0 atom stereocenters. The third-order valence-corrected chi connectivity index (χ3v) is 4.56. The molecule has 1 aliphatic rings. The number of nitrogens with zero attached hydrogens (tertiary/aromatic N) is 2. The van der Waals surface area contributed by atoms with E-state index in [-0.39, 0.29) is 0 Å². The van der Waals surface area contributed by atoms with Crippen molar-refractivity contribution in [3.05, 3.63) is 12.4 Å². The molecule has 0 radical (unpaired) electrons. The highest BCUT2D eigenvalue weighted by molar-refractivity contribution is 7.37. The zero-order valence-electron chi connectivity index (χ0n) is 13.6. The van der Waals surface area contributed by atoms with Crippen molar-refractivity contribution in [3.63, 3.8) is 0 Å². The van der Waals surface area contributed by atoms with Crippen molar-refractivity contribution in [2.75, 3.05) is 32.6 Å². The van der Waals surface area contributed by atoms with Crippen molar-refractivity contribution in [1.82, 2.24) is 9.80 Å². The van der Waals surface area contributed by atoms with Crippen LogP contribution in [-0.4, -0.2) is 42.4 Å². The molecule has 19 heavy (non-hydrogen) atoms. The zero-order valence-corrected chi connectivity index (χ0v) is 14.6. The van der Waals surface area contributed by atoms with E-state index in [1.807, 2.05) is 0 Å². The van der Waals surface area contributed by atoms with Crippen molar-refractivity contribution < 1.29 is 0 Å². The van der Waals surface area contributed by atoms with Crippen LogP contribution in [0.2, 0.25) is 0 Å². The van der Waals surface area contributed by atoms with Gasteiger partial charge in [-0.05, 0) is 31.6 Å². The Morgan fingerprint density at radius 3 is 1.89 bits per heavy atom. The highest BCUT2D eigenvalue weighted by Crippen LogP contribution is 2.14. The molecule has 2 nitrogen and oxygen atoms in total. The van der Waals surface area contributed by atoms with E-state index in [0.717, 1.165) is 6.67 Å². The maximum Gasteiger partial charge on any atom is 0.0890 e. The molecule has 0 saturated heterocycles. The lowest BCUT2D eigenvalue weighted by atomic mass is 10.3. The Balaban J connectivity index is 0.000000344. The van der Waals surface area contributed by atoms with Gasteiger partial charge in [0, 0.05) is 26.0 Å². The third kappa shape index (κ3) is 12.5. The summed E-state index contributed by atoms with van der Waals surface area (Å²) in [6.45, 7) is 9.04. The first-order valence-corrected chi connectivity index (χ1v) is 9.49. The van der Waals surface area contributed by atoms with Gasteiger partial charge >= 0.3 is 0 Å². The van der Waals surface area contributed by atoms with Gasteiger partial charge < -0.3 is 9.80 Å². The molecule has 114 valence electrons. The van der Waals surface area contributed by atoms with E-state index in [9.17, 15) is 0 Å². The molecule has 0 spiro atoms. The normalized spacial score (nSPS) is 13.7. The Morgan fingerprint density at radius 2 is 1.47 bits per heavy atom. The van der Waals surface area contributed by atoms with Crippen LogP contribution in [0.1, 0.15) is 59.3 Å². The minimum Gasteiger partial charge on any atom is -0.362 e. The Morgan fingerprint density at radius 1 is 0.895 bits per heavy atom. The van der Waals surface area contributed by atoms with E-state index < -0.39 is 0 Å². The maximum absolute atomic E-state index is 2.34. The molecule has 1 aliphatic heterocycles. The van der Waals surface area contributed by atoms with E-state index in [1.165, 1.54) is 66.0 Å². The molecule has 0 aromatic rings. The predicted molar refractivity (Wildman–Crippen MR) is 91.2 cm³/mol. The Bertz CT molecular complexity index is 201. The smallest absolute Gasteiger partial charge is 0.0890 e. The molecule has 1 heterocycles. The lowest BCUT2D eigenvalue weighted by molar-refractivity contribution is 0.293. The Kier molecular flexibility index (Phi) is 14.0. The lowest BCUT2D eigenvalue weighted by Gasteiger charge is -2.17. The third-order valence-electron chi connectivity index (χ3n) is 3.15. The molecule has 0 fully saturated rings. The van der Waals surface area contributed by atoms with Crippen molar-refractivity contribution in [1.29, 1.82) is 0 Å². The number of hydrogen-bond acceptors (Lipinski definition) is 2. The fourth-order valence-corrected chi connectivity index (χ4v) is 3.28. The Hall–Kier alpha value is -0.230. The monoisotopic (exact) mass is 286 g/mol. The maximum atomic E-state index is 2.34. The van der Waals surface area contributed by atoms with Gasteiger partial charge in [0.25, 0.3) is 0 Å². The second kappa shape index (κ2) is 14.2. The van der Waals surface area contributed by atoms with Crippen molar-refractivity contribution in [2.45, 2.75) is 59.3 Å². The van der Waals surface area contributed by atoms with E-state index in [4.69, 9.17) is 0 Å². The molecule has 3 heteroatoms. The summed E-state index contributed by atoms with van der Waals surface area (Å²) < 4.78 is 0. The average molecular weight is 286 g/mol. The van der Waals surface area contributed by atoms with Gasteiger partial charge in [-0.25, -0.2) is 0 Å². The van der Waals surface area contributed by atoms with Gasteiger partial charge in [-0.2, -0.15) is 0 Å². The summed E-state index contributed by atoms with van der Waals surface area (Å²) in [5.74, 6) is 0. The van der Waals surface area contributed by atoms with Crippen LogP contribution < -0.4 is 0 Å². The number of unbranched alkanes of at least 4 members (excludes halogenated alkanes) is 3. The average Bonchev–Trinajstić information content (AvgIpc) is 2.83. The molecule has 0 amide bonds. The summed E-state index contributed by atoms with van der Waals surface area (Å²) in [6.07, 6.45) is 15.5. The molecule has 0 saturated carbocycles. The van der Waals surface area contributed by atoms with Gasteiger partial charge in [-0.1, -0.05) is 40.0 Å². The Labute approximate surface area is 123 Å². The highest BCUT2D eigenvalue weighted by atomic mass is 31.1. The first-order chi connectivity index (χ1) is 9.24. The van der Waals surface area contributed by atoms with E-state index in [1.54, 1.807) is 0 Å². The molecule has 0 unspecified atom stereocenters. The van der Waals surface area contributed by atoms with Crippen LogP contribution in [0.5, 0.6) is 0 Å². The highest BCUT2D eigenvalue weighted by Gasteiger charge is 2.05. The van der Waals surface area contributed by atoms with Crippen molar-refractivity contribution in [3.8, 4) is 0 Å². The summed E-state index contributed by atoms with van der Waals surface area (Å²) in [4.78, 5) is 4.53. The van der Waals surface area contributed by atoms with Crippen LogP contribution in [0.4, 0.5) is 0 Å². The van der Waals surface area contributed by atoms with Crippen LogP contribution in [0.15, 0.2) is 12.4 Å². The minimum absolute atomic E-state index is 1.07. The summed E-state index contributed by atoms with van der Waals surface area (Å²) in [5, 5.41) is 0. The summed E-state index contributed by atoms with van der Waals surface area (Å²) in [5.41, 5.74) is 0. The van der Waals surface area contributed by atoms with Gasteiger partial charge in [0.1, 0.15) is 0 Å². The fraction of sp³-hybridized carbons (Fsp3) is 0.875. The van der Waals surface area contributed by atoms with Gasteiger partial charge in [-0.15, -0.1) is 8.58 Å². The van der Waals surface area contributed by atoms with Gasteiger partial charge in [0.15, 0.2) is 0 Å². The molecule has 0 N–H and O–H groups in total. The van der Waals surface area contributed by atoms with Crippen molar-refractivity contribution in [2.24, 2.45) is 0 Å². The summed E-state index contributed by atoms with van der Waals surface area (Å²) in [7, 11) is 3.35. The SMILES string of the molecule is CCCCN1C=CN(C)C1.CCCCPCCCC. The minimum atomic E-state index is 1.07. The molecular formula is C16H35N2P. The molecule has 0 aromatic carbocycles. The van der Waals surface area contributed by atoms with Crippen LogP contribution in [-0.2, 0) is 0 Å². The first kappa shape index (κ1) is 18.8. The molecule has 1 rings (SSSR count). The zero-order chi connectivity index (χ0) is 14.3. The van der Waals surface area contributed by atoms with E-state index in [2.05, 4.69) is 50.0 Å². The second-order valence-corrected chi connectivity index (χ2v) is 6.82. The quantitative estimate of drug-likeness (QED) is 0.447. The summed E-state index contributed by atoms with van der Waals surface area (Å²) >= 11 is 0. The van der Waals surface area contributed by atoms with Gasteiger partial charge in [0.2, 0.25) is 0 Å². The van der Waals surface area contributed by atoms with Crippen LogP contribution in [0.3, 0.4) is 0 Å². The lowest BCUT2D eigenvalue weighted by Crippen LogP contribution is -2.23. The fourth-order valence-electron chi connectivity index (χ4n) is 1.82. The largest absolute Gasteiger partial charge is 0.362 e. The molecule has 0 bridgehead atoms. The predicted octanol–water partition coefficient (Wildman–Crippen LogP) is 4.73. The van der Waals surface area contributed by atoms with Crippen LogP contribution in [0.25, 0.3) is 0 Å². The first-order valence-electron chi connectivity index (χ1n) is 8.07. The topological polar surface area (TPSA) is 6.48 Å². The van der Waals surface area contributed by atoms with Crippen molar-refractivity contribution >= 4 is 8.58 Å². The van der Waals surface area contributed by atoms with Crippen LogP contribution in [0, 0.1) is 0 Å². The van der Waals surface area contributed by atoms with Gasteiger partial charge in [-0.3, -0.25) is 0 Å². The number of rotatable bonds is 9. The second-order valence-electron chi connectivity index (χ2n) is 5.32. The molecular weight excluding hydrogens is 251 g/mol. The number of hydrogen-bond donors (Lipinski definition) is 0.